The van der Waals surface area contributed by atoms with Crippen molar-refractivity contribution in [1.82, 2.24) is 0 Å². The van der Waals surface area contributed by atoms with Crippen molar-refractivity contribution in [3.05, 3.63) is 59.9 Å². The molecule has 0 saturated heterocycles. The predicted molar refractivity (Wildman–Crippen MR) is 63.7 cm³/mol. The number of nitrogens with zero attached hydrogens (tertiary/aromatic N) is 1. The molecule has 0 spiro atoms. The minimum absolute atomic E-state index is 0.428. The SMILES string of the molecule is C1=CC2=CN=C3CC=CCC3=CC2C=C1. The molecule has 1 atom stereocenters. The highest BCUT2D eigenvalue weighted by Gasteiger charge is 2.16. The Morgan fingerprint density at radius 1 is 1.13 bits per heavy atom. The Balaban J connectivity index is 2.06. The highest BCUT2D eigenvalue weighted by Crippen LogP contribution is 2.28. The van der Waals surface area contributed by atoms with E-state index in [4.69, 9.17) is 0 Å². The van der Waals surface area contributed by atoms with Gasteiger partial charge in [0, 0.05) is 24.3 Å². The Hall–Kier alpha value is -1.63. The van der Waals surface area contributed by atoms with Crippen LogP contribution in [0.4, 0.5) is 0 Å². The molecule has 3 rings (SSSR count). The number of aliphatic imine (C=N–C) groups is 1. The van der Waals surface area contributed by atoms with Gasteiger partial charge in [-0.3, -0.25) is 4.99 Å². The maximum Gasteiger partial charge on any atom is 0.0473 e. The number of rotatable bonds is 0. The molecule has 1 heterocycles. The van der Waals surface area contributed by atoms with Crippen LogP contribution >= 0.6 is 0 Å². The second-order valence-electron chi connectivity index (χ2n) is 4.05. The van der Waals surface area contributed by atoms with Gasteiger partial charge in [-0.15, -0.1) is 0 Å². The maximum absolute atomic E-state index is 4.58. The van der Waals surface area contributed by atoms with Gasteiger partial charge in [0.25, 0.3) is 0 Å². The standard InChI is InChI=1S/C14H13N/c1-2-7-13-10-15-14-8-4-3-6-12(14)9-11(13)5-1/h1-5,7,9-11H,6,8H2. The Bertz CT molecular complexity index is 456. The van der Waals surface area contributed by atoms with Crippen LogP contribution in [0.15, 0.2) is 64.9 Å². The van der Waals surface area contributed by atoms with Crippen LogP contribution in [0.2, 0.25) is 0 Å². The molecule has 3 aliphatic rings. The Labute approximate surface area is 89.9 Å². The van der Waals surface area contributed by atoms with Crippen molar-refractivity contribution in [3.63, 3.8) is 0 Å². The molecule has 0 aromatic carbocycles. The van der Waals surface area contributed by atoms with Gasteiger partial charge in [-0.05, 0) is 17.6 Å². The number of hydrogen-bond acceptors (Lipinski definition) is 1. The molecule has 0 aromatic rings. The first kappa shape index (κ1) is 8.66. The molecular weight excluding hydrogens is 182 g/mol. The van der Waals surface area contributed by atoms with Crippen LogP contribution < -0.4 is 0 Å². The lowest BCUT2D eigenvalue weighted by molar-refractivity contribution is 0.978. The third kappa shape index (κ3) is 1.54. The highest BCUT2D eigenvalue weighted by atomic mass is 14.7. The van der Waals surface area contributed by atoms with Crippen molar-refractivity contribution in [2.75, 3.05) is 0 Å². The zero-order chi connectivity index (χ0) is 10.1. The molecule has 0 fully saturated rings. The lowest BCUT2D eigenvalue weighted by atomic mass is 9.90. The summed E-state index contributed by atoms with van der Waals surface area (Å²) in [6.45, 7) is 0. The monoisotopic (exact) mass is 195 g/mol. The summed E-state index contributed by atoms with van der Waals surface area (Å²) in [6, 6.07) is 0. The summed E-state index contributed by atoms with van der Waals surface area (Å²) >= 11 is 0. The minimum Gasteiger partial charge on any atom is -0.260 e. The maximum atomic E-state index is 4.58. The van der Waals surface area contributed by atoms with E-state index in [0.29, 0.717) is 5.92 Å². The van der Waals surface area contributed by atoms with Crippen LogP contribution in [0.25, 0.3) is 0 Å². The molecule has 0 amide bonds. The molecule has 15 heavy (non-hydrogen) atoms. The second kappa shape index (κ2) is 3.50. The summed E-state index contributed by atoms with van der Waals surface area (Å²) < 4.78 is 0. The molecule has 0 aromatic heterocycles. The first-order valence-electron chi connectivity index (χ1n) is 5.41. The second-order valence-corrected chi connectivity index (χ2v) is 4.05. The number of allylic oxidation sites excluding steroid dienone is 9. The number of hydrogen-bond donors (Lipinski definition) is 0. The summed E-state index contributed by atoms with van der Waals surface area (Å²) in [6.07, 6.45) is 19.4. The van der Waals surface area contributed by atoms with Crippen molar-refractivity contribution in [2.45, 2.75) is 12.8 Å². The average Bonchev–Trinajstić information content (AvgIpc) is 2.48. The fourth-order valence-electron chi connectivity index (χ4n) is 2.18. The zero-order valence-corrected chi connectivity index (χ0v) is 8.56. The largest absolute Gasteiger partial charge is 0.260 e. The quantitative estimate of drug-likeness (QED) is 0.526. The van der Waals surface area contributed by atoms with Crippen LogP contribution in [-0.4, -0.2) is 5.71 Å². The highest BCUT2D eigenvalue weighted by molar-refractivity contribution is 6.03. The number of fused-ring (bicyclic) bond motifs is 2. The van der Waals surface area contributed by atoms with E-state index in [-0.39, 0.29) is 0 Å². The molecule has 1 heteroatoms. The first-order chi connectivity index (χ1) is 7.43. The van der Waals surface area contributed by atoms with Gasteiger partial charge in [-0.2, -0.15) is 0 Å². The van der Waals surface area contributed by atoms with E-state index in [2.05, 4.69) is 47.5 Å². The van der Waals surface area contributed by atoms with Gasteiger partial charge >= 0.3 is 0 Å². The van der Waals surface area contributed by atoms with Gasteiger partial charge in [0.2, 0.25) is 0 Å². The van der Waals surface area contributed by atoms with Crippen LogP contribution in [0.1, 0.15) is 12.8 Å². The minimum atomic E-state index is 0.428. The Morgan fingerprint density at radius 2 is 2.07 bits per heavy atom. The van der Waals surface area contributed by atoms with Gasteiger partial charge in [0.1, 0.15) is 0 Å². The summed E-state index contributed by atoms with van der Waals surface area (Å²) in [5, 5.41) is 0. The molecule has 1 unspecified atom stereocenters. The predicted octanol–water partition coefficient (Wildman–Crippen LogP) is 3.34. The van der Waals surface area contributed by atoms with E-state index >= 15 is 0 Å². The smallest absolute Gasteiger partial charge is 0.0473 e. The molecule has 2 aliphatic carbocycles. The van der Waals surface area contributed by atoms with Gasteiger partial charge in [0.05, 0.1) is 0 Å². The van der Waals surface area contributed by atoms with Crippen molar-refractivity contribution < 1.29 is 0 Å². The summed E-state index contributed by atoms with van der Waals surface area (Å²) in [5.41, 5.74) is 3.93. The molecule has 0 saturated carbocycles. The van der Waals surface area contributed by atoms with E-state index in [9.17, 15) is 0 Å². The van der Waals surface area contributed by atoms with Gasteiger partial charge < -0.3 is 0 Å². The van der Waals surface area contributed by atoms with Gasteiger partial charge in [0.15, 0.2) is 0 Å². The fraction of sp³-hybridized carbons (Fsp3) is 0.214. The van der Waals surface area contributed by atoms with E-state index in [1.54, 1.807) is 0 Å². The van der Waals surface area contributed by atoms with E-state index in [1.165, 1.54) is 16.9 Å². The molecule has 74 valence electrons. The normalized spacial score (nSPS) is 27.2. The molecular formula is C14H13N. The van der Waals surface area contributed by atoms with Crippen molar-refractivity contribution in [1.29, 1.82) is 0 Å². The topological polar surface area (TPSA) is 12.4 Å². The summed E-state index contributed by atoms with van der Waals surface area (Å²) in [4.78, 5) is 4.58. The van der Waals surface area contributed by atoms with Crippen molar-refractivity contribution in [3.8, 4) is 0 Å². The molecule has 1 aliphatic heterocycles. The molecule has 0 bridgehead atoms. The Morgan fingerprint density at radius 3 is 3.07 bits per heavy atom. The lowest BCUT2D eigenvalue weighted by Gasteiger charge is -2.14. The van der Waals surface area contributed by atoms with E-state index < -0.39 is 0 Å². The Kier molecular flexibility index (Phi) is 2.02. The average molecular weight is 195 g/mol. The van der Waals surface area contributed by atoms with Crippen LogP contribution in [0.5, 0.6) is 0 Å². The van der Waals surface area contributed by atoms with Crippen LogP contribution in [-0.2, 0) is 0 Å². The van der Waals surface area contributed by atoms with Crippen LogP contribution in [0.3, 0.4) is 0 Å². The summed E-state index contributed by atoms with van der Waals surface area (Å²) in [5.74, 6) is 0.428. The van der Waals surface area contributed by atoms with E-state index in [1.807, 2.05) is 6.20 Å². The van der Waals surface area contributed by atoms with Crippen molar-refractivity contribution in [2.24, 2.45) is 10.9 Å². The molecule has 0 N–H and O–H groups in total. The molecule has 1 nitrogen and oxygen atoms in total. The van der Waals surface area contributed by atoms with Gasteiger partial charge in [-0.1, -0.05) is 42.5 Å². The molecule has 0 radical (unpaired) electrons. The zero-order valence-electron chi connectivity index (χ0n) is 8.56. The third-order valence-electron chi connectivity index (χ3n) is 3.04. The first-order valence-corrected chi connectivity index (χ1v) is 5.41. The summed E-state index contributed by atoms with van der Waals surface area (Å²) in [7, 11) is 0. The third-order valence-corrected chi connectivity index (χ3v) is 3.04. The van der Waals surface area contributed by atoms with Gasteiger partial charge in [-0.25, -0.2) is 0 Å². The van der Waals surface area contributed by atoms with Crippen LogP contribution in [0, 0.1) is 5.92 Å². The fourth-order valence-corrected chi connectivity index (χ4v) is 2.18. The van der Waals surface area contributed by atoms with E-state index in [0.717, 1.165) is 12.8 Å². The lowest BCUT2D eigenvalue weighted by Crippen LogP contribution is -2.06. The van der Waals surface area contributed by atoms with Crippen molar-refractivity contribution >= 4 is 5.71 Å².